The van der Waals surface area contributed by atoms with E-state index in [1.54, 1.807) is 6.92 Å². The van der Waals surface area contributed by atoms with Crippen LogP contribution in [0.2, 0.25) is 0 Å². The number of rotatable bonds is 5. The van der Waals surface area contributed by atoms with Crippen molar-refractivity contribution in [3.05, 3.63) is 44.5 Å². The highest BCUT2D eigenvalue weighted by Crippen LogP contribution is 2.27. The number of nitro groups is 1. The second-order valence-electron chi connectivity index (χ2n) is 5.70. The molecule has 5 heteroatoms. The summed E-state index contributed by atoms with van der Waals surface area (Å²) >= 11 is 3.49. The average molecular weight is 339 g/mol. The predicted molar refractivity (Wildman–Crippen MR) is 84.6 cm³/mol. The minimum absolute atomic E-state index is 0.218. The van der Waals surface area contributed by atoms with Crippen LogP contribution in [-0.2, 0) is 13.0 Å². The third kappa shape index (κ3) is 3.20. The van der Waals surface area contributed by atoms with Gasteiger partial charge < -0.3 is 4.57 Å². The van der Waals surface area contributed by atoms with Gasteiger partial charge in [0.1, 0.15) is 0 Å². The zero-order chi connectivity index (χ0) is 14.9. The van der Waals surface area contributed by atoms with Crippen molar-refractivity contribution in [1.29, 1.82) is 0 Å². The van der Waals surface area contributed by atoms with Crippen molar-refractivity contribution in [3.8, 4) is 0 Å². The van der Waals surface area contributed by atoms with E-state index in [4.69, 9.17) is 0 Å². The van der Waals surface area contributed by atoms with E-state index in [9.17, 15) is 10.1 Å². The van der Waals surface area contributed by atoms with Gasteiger partial charge in [-0.2, -0.15) is 0 Å². The van der Waals surface area contributed by atoms with Crippen molar-refractivity contribution >= 4 is 26.8 Å². The summed E-state index contributed by atoms with van der Waals surface area (Å²) in [6, 6.07) is 5.55. The molecule has 2 aromatic rings. The van der Waals surface area contributed by atoms with Crippen LogP contribution in [0, 0.1) is 16.0 Å². The van der Waals surface area contributed by atoms with Gasteiger partial charge >= 0.3 is 0 Å². The summed E-state index contributed by atoms with van der Waals surface area (Å²) in [7, 11) is 0. The lowest BCUT2D eigenvalue weighted by Gasteiger charge is -2.08. The maximum Gasteiger partial charge on any atom is 0.214 e. The quantitative estimate of drug-likeness (QED) is 0.603. The lowest BCUT2D eigenvalue weighted by Crippen LogP contribution is -2.17. The van der Waals surface area contributed by atoms with Crippen molar-refractivity contribution in [2.45, 2.75) is 39.8 Å². The van der Waals surface area contributed by atoms with Crippen molar-refractivity contribution < 1.29 is 4.92 Å². The van der Waals surface area contributed by atoms with Crippen LogP contribution in [0.3, 0.4) is 0 Å². The molecule has 4 nitrogen and oxygen atoms in total. The van der Waals surface area contributed by atoms with Gasteiger partial charge in [0.2, 0.25) is 6.04 Å². The molecule has 1 aromatic heterocycles. The van der Waals surface area contributed by atoms with Gasteiger partial charge in [-0.25, -0.2) is 0 Å². The number of hydrogen-bond acceptors (Lipinski definition) is 2. The summed E-state index contributed by atoms with van der Waals surface area (Å²) in [5.74, 6) is 0.533. The fourth-order valence-electron chi connectivity index (χ4n) is 2.44. The summed E-state index contributed by atoms with van der Waals surface area (Å²) < 4.78 is 3.23. The fraction of sp³-hybridized carbons (Fsp3) is 0.467. The lowest BCUT2D eigenvalue weighted by molar-refractivity contribution is -0.517. The minimum Gasteiger partial charge on any atom is -0.347 e. The largest absolute Gasteiger partial charge is 0.347 e. The lowest BCUT2D eigenvalue weighted by atomic mass is 10.1. The van der Waals surface area contributed by atoms with E-state index in [1.807, 2.05) is 12.1 Å². The van der Waals surface area contributed by atoms with Crippen LogP contribution in [0.5, 0.6) is 0 Å². The van der Waals surface area contributed by atoms with Crippen molar-refractivity contribution in [1.82, 2.24) is 4.57 Å². The molecule has 0 radical (unpaired) electrons. The summed E-state index contributed by atoms with van der Waals surface area (Å²) in [6.45, 7) is 6.91. The molecule has 1 unspecified atom stereocenters. The second kappa shape index (κ2) is 5.95. The first-order valence-corrected chi connectivity index (χ1v) is 7.58. The molecule has 1 atom stereocenters. The molecule has 0 N–H and O–H groups in total. The van der Waals surface area contributed by atoms with E-state index < -0.39 is 6.04 Å². The molecule has 0 saturated heterocycles. The second-order valence-corrected chi connectivity index (χ2v) is 6.62. The molecule has 1 heterocycles. The molecule has 20 heavy (non-hydrogen) atoms. The Kier molecular flexibility index (Phi) is 4.48. The number of fused-ring (bicyclic) bond motifs is 1. The summed E-state index contributed by atoms with van der Waals surface area (Å²) in [5.41, 5.74) is 2.19. The molecule has 0 fully saturated rings. The highest BCUT2D eigenvalue weighted by Gasteiger charge is 2.18. The number of halogens is 1. The van der Waals surface area contributed by atoms with Gasteiger partial charge in [0.15, 0.2) is 0 Å². The standard InChI is InChI=1S/C15H19BrN2O2/c1-10(2)8-17-9-12(6-11(3)18(19)20)14-5-4-13(16)7-15(14)17/h4-5,7,9-11H,6,8H2,1-3H3. The molecular formula is C15H19BrN2O2. The third-order valence-corrected chi connectivity index (χ3v) is 3.86. The Hall–Kier alpha value is -1.36. The minimum atomic E-state index is -0.559. The zero-order valence-corrected chi connectivity index (χ0v) is 13.6. The Morgan fingerprint density at radius 3 is 2.65 bits per heavy atom. The molecule has 2 rings (SSSR count). The maximum atomic E-state index is 10.9. The van der Waals surface area contributed by atoms with E-state index in [0.717, 1.165) is 27.5 Å². The Bertz CT molecular complexity index is 634. The Labute approximate surface area is 127 Å². The van der Waals surface area contributed by atoms with Crippen LogP contribution in [0.4, 0.5) is 0 Å². The van der Waals surface area contributed by atoms with Crippen LogP contribution in [-0.4, -0.2) is 15.5 Å². The van der Waals surface area contributed by atoms with Gasteiger partial charge in [0.25, 0.3) is 0 Å². The van der Waals surface area contributed by atoms with Crippen LogP contribution in [0.15, 0.2) is 28.9 Å². The first-order chi connectivity index (χ1) is 9.38. The maximum absolute atomic E-state index is 10.9. The van der Waals surface area contributed by atoms with E-state index >= 15 is 0 Å². The molecule has 0 aliphatic heterocycles. The number of nitrogens with zero attached hydrogens (tertiary/aromatic N) is 2. The number of benzene rings is 1. The van der Waals surface area contributed by atoms with E-state index in [-0.39, 0.29) is 4.92 Å². The smallest absolute Gasteiger partial charge is 0.214 e. The summed E-state index contributed by atoms with van der Waals surface area (Å²) in [5, 5.41) is 12.0. The predicted octanol–water partition coefficient (Wildman–Crippen LogP) is 4.27. The van der Waals surface area contributed by atoms with Gasteiger partial charge in [0, 0.05) is 46.4 Å². The molecular weight excluding hydrogens is 320 g/mol. The third-order valence-electron chi connectivity index (χ3n) is 3.36. The monoisotopic (exact) mass is 338 g/mol. The van der Waals surface area contributed by atoms with Crippen LogP contribution in [0.25, 0.3) is 10.9 Å². The fourth-order valence-corrected chi connectivity index (χ4v) is 2.79. The molecule has 0 spiro atoms. The Morgan fingerprint density at radius 1 is 1.35 bits per heavy atom. The molecule has 0 amide bonds. The van der Waals surface area contributed by atoms with Crippen molar-refractivity contribution in [3.63, 3.8) is 0 Å². The Balaban J connectivity index is 2.47. The van der Waals surface area contributed by atoms with Crippen LogP contribution >= 0.6 is 15.9 Å². The number of aromatic nitrogens is 1. The average Bonchev–Trinajstić information content (AvgIpc) is 2.66. The Morgan fingerprint density at radius 2 is 2.05 bits per heavy atom. The molecule has 1 aromatic carbocycles. The summed E-state index contributed by atoms with van der Waals surface area (Å²) in [6.07, 6.45) is 2.54. The molecule has 0 aliphatic carbocycles. The van der Waals surface area contributed by atoms with Crippen molar-refractivity contribution in [2.75, 3.05) is 0 Å². The van der Waals surface area contributed by atoms with E-state index in [1.165, 1.54) is 0 Å². The highest BCUT2D eigenvalue weighted by molar-refractivity contribution is 9.10. The normalized spacial score (nSPS) is 13.1. The van der Waals surface area contributed by atoms with Gasteiger partial charge in [-0.05, 0) is 23.6 Å². The molecule has 0 saturated carbocycles. The topological polar surface area (TPSA) is 48.1 Å². The molecule has 0 aliphatic rings. The first kappa shape index (κ1) is 15.0. The SMILES string of the molecule is CC(C)Cn1cc(CC(C)[N+](=O)[O-])c2ccc(Br)cc21. The zero-order valence-electron chi connectivity index (χ0n) is 12.0. The highest BCUT2D eigenvalue weighted by atomic mass is 79.9. The molecule has 108 valence electrons. The van der Waals surface area contributed by atoms with E-state index in [2.05, 4.69) is 46.6 Å². The first-order valence-electron chi connectivity index (χ1n) is 6.79. The van der Waals surface area contributed by atoms with Crippen molar-refractivity contribution in [2.24, 2.45) is 5.92 Å². The summed E-state index contributed by atoms with van der Waals surface area (Å²) in [4.78, 5) is 10.7. The van der Waals surface area contributed by atoms with Gasteiger partial charge in [0.05, 0.1) is 0 Å². The van der Waals surface area contributed by atoms with Gasteiger partial charge in [-0.15, -0.1) is 0 Å². The van der Waals surface area contributed by atoms with Gasteiger partial charge in [-0.1, -0.05) is 35.8 Å². The van der Waals surface area contributed by atoms with Crippen LogP contribution in [0.1, 0.15) is 26.3 Å². The molecule has 0 bridgehead atoms. The van der Waals surface area contributed by atoms with E-state index in [0.29, 0.717) is 12.3 Å². The number of hydrogen-bond donors (Lipinski definition) is 0. The van der Waals surface area contributed by atoms with Gasteiger partial charge in [-0.3, -0.25) is 10.1 Å². The van der Waals surface area contributed by atoms with Crippen LogP contribution < -0.4 is 0 Å².